The van der Waals surface area contributed by atoms with Gasteiger partial charge in [0.2, 0.25) is 0 Å². The maximum Gasteiger partial charge on any atom is 0.410 e. The van der Waals surface area contributed by atoms with Gasteiger partial charge in [-0.1, -0.05) is 12.0 Å². The predicted octanol–water partition coefficient (Wildman–Crippen LogP) is 4.89. The third-order valence-electron chi connectivity index (χ3n) is 5.98. The highest BCUT2D eigenvalue weighted by atomic mass is 16.6. The van der Waals surface area contributed by atoms with Gasteiger partial charge in [0.25, 0.3) is 0 Å². The molecular formula is C18H30N4O2. The van der Waals surface area contributed by atoms with Crippen LogP contribution >= 0.6 is 0 Å². The Labute approximate surface area is 144 Å². The van der Waals surface area contributed by atoms with Crippen LogP contribution < -0.4 is 0 Å². The summed E-state index contributed by atoms with van der Waals surface area (Å²) < 4.78 is 5.65. The number of nitrogens with zero attached hydrogens (tertiary/aromatic N) is 4. The third-order valence-corrected chi connectivity index (χ3v) is 5.98. The van der Waals surface area contributed by atoms with Gasteiger partial charge in [0.15, 0.2) is 0 Å². The van der Waals surface area contributed by atoms with Gasteiger partial charge in [-0.25, -0.2) is 4.79 Å². The van der Waals surface area contributed by atoms with Crippen molar-refractivity contribution in [3.63, 3.8) is 0 Å². The molecule has 6 nitrogen and oxygen atoms in total. The monoisotopic (exact) mass is 334 g/mol. The van der Waals surface area contributed by atoms with Gasteiger partial charge in [0.05, 0.1) is 0 Å². The van der Waals surface area contributed by atoms with Crippen LogP contribution in [0.3, 0.4) is 0 Å². The quantitative estimate of drug-likeness (QED) is 0.409. The van der Waals surface area contributed by atoms with Crippen molar-refractivity contribution in [1.82, 2.24) is 4.90 Å². The fourth-order valence-corrected chi connectivity index (χ4v) is 4.95. The Morgan fingerprint density at radius 1 is 1.25 bits per heavy atom. The standard InChI is InChI=1S/C18H30N4O2/c1-12-5-6-15(22(11-12)16(23)24-17(2,3)4)13-7-18(8-13)9-14(10-18)20-21-19/h12-15H,5-11H2,1-4H3/t12-,13?,14?,15+,18?/m0/s1. The molecule has 2 atom stereocenters. The zero-order valence-corrected chi connectivity index (χ0v) is 15.4. The van der Waals surface area contributed by atoms with Crippen molar-refractivity contribution in [2.24, 2.45) is 22.4 Å². The molecule has 0 unspecified atom stereocenters. The lowest BCUT2D eigenvalue weighted by molar-refractivity contribution is -0.0864. The number of ether oxygens (including phenoxy) is 1. The first kappa shape index (κ1) is 17.4. The fourth-order valence-electron chi connectivity index (χ4n) is 4.95. The zero-order valence-electron chi connectivity index (χ0n) is 15.4. The molecule has 3 aliphatic rings. The Morgan fingerprint density at radius 2 is 1.92 bits per heavy atom. The molecule has 3 fully saturated rings. The summed E-state index contributed by atoms with van der Waals surface area (Å²) in [5.74, 6) is 1.12. The average Bonchev–Trinajstić information content (AvgIpc) is 2.38. The van der Waals surface area contributed by atoms with E-state index in [1.54, 1.807) is 0 Å². The molecule has 0 aromatic rings. The van der Waals surface area contributed by atoms with Crippen molar-refractivity contribution in [3.05, 3.63) is 10.4 Å². The molecule has 1 heterocycles. The number of amides is 1. The Kier molecular flexibility index (Phi) is 4.45. The number of carbonyl (C=O) groups excluding carboxylic acids is 1. The lowest BCUT2D eigenvalue weighted by atomic mass is 9.48. The van der Waals surface area contributed by atoms with Crippen LogP contribution in [0, 0.1) is 17.3 Å². The first-order valence-electron chi connectivity index (χ1n) is 9.25. The number of azide groups is 1. The molecule has 1 aliphatic heterocycles. The average molecular weight is 334 g/mol. The first-order valence-corrected chi connectivity index (χ1v) is 9.25. The van der Waals surface area contributed by atoms with Gasteiger partial charge in [-0.15, -0.1) is 0 Å². The van der Waals surface area contributed by atoms with Gasteiger partial charge < -0.3 is 9.64 Å². The predicted molar refractivity (Wildman–Crippen MR) is 92.5 cm³/mol. The molecule has 0 N–H and O–H groups in total. The van der Waals surface area contributed by atoms with Crippen molar-refractivity contribution in [2.75, 3.05) is 6.54 Å². The number of hydrogen-bond acceptors (Lipinski definition) is 3. The number of rotatable bonds is 2. The van der Waals surface area contributed by atoms with Crippen LogP contribution in [0.2, 0.25) is 0 Å². The minimum Gasteiger partial charge on any atom is -0.444 e. The van der Waals surface area contributed by atoms with E-state index in [2.05, 4.69) is 16.9 Å². The van der Waals surface area contributed by atoms with Crippen molar-refractivity contribution in [2.45, 2.75) is 83.9 Å². The van der Waals surface area contributed by atoms with E-state index in [1.165, 1.54) is 19.3 Å². The molecule has 2 aliphatic carbocycles. The molecule has 1 saturated heterocycles. The fraction of sp³-hybridized carbons (Fsp3) is 0.944. The molecule has 24 heavy (non-hydrogen) atoms. The van der Waals surface area contributed by atoms with E-state index >= 15 is 0 Å². The lowest BCUT2D eigenvalue weighted by Crippen LogP contribution is -2.58. The summed E-state index contributed by atoms with van der Waals surface area (Å²) in [5.41, 5.74) is 8.48. The van der Waals surface area contributed by atoms with E-state index in [4.69, 9.17) is 10.3 Å². The molecule has 1 amide bonds. The molecule has 3 rings (SSSR count). The van der Waals surface area contributed by atoms with Gasteiger partial charge in [-0.3, -0.25) is 0 Å². The molecule has 1 spiro atoms. The topological polar surface area (TPSA) is 78.3 Å². The Balaban J connectivity index is 1.60. The van der Waals surface area contributed by atoms with Crippen LogP contribution in [0.4, 0.5) is 4.79 Å². The van der Waals surface area contributed by atoms with E-state index in [0.29, 0.717) is 23.3 Å². The Bertz CT molecular complexity index is 536. The zero-order chi connectivity index (χ0) is 17.5. The number of likely N-dealkylation sites (tertiary alicyclic amines) is 1. The highest BCUT2D eigenvalue weighted by Crippen LogP contribution is 2.61. The highest BCUT2D eigenvalue weighted by molar-refractivity contribution is 5.68. The van der Waals surface area contributed by atoms with E-state index in [1.807, 2.05) is 25.7 Å². The van der Waals surface area contributed by atoms with Crippen LogP contribution in [0.1, 0.15) is 66.2 Å². The summed E-state index contributed by atoms with van der Waals surface area (Å²) in [4.78, 5) is 17.6. The number of hydrogen-bond donors (Lipinski definition) is 0. The molecule has 0 radical (unpaired) electrons. The molecule has 0 aromatic heterocycles. The molecule has 134 valence electrons. The summed E-state index contributed by atoms with van der Waals surface area (Å²) >= 11 is 0. The summed E-state index contributed by atoms with van der Waals surface area (Å²) in [6.07, 6.45) is 6.52. The normalized spacial score (nSPS) is 38.8. The summed E-state index contributed by atoms with van der Waals surface area (Å²) in [7, 11) is 0. The second-order valence-corrected chi connectivity index (χ2v) is 9.32. The van der Waals surface area contributed by atoms with Gasteiger partial charge in [-0.2, -0.15) is 0 Å². The third kappa shape index (κ3) is 3.49. The van der Waals surface area contributed by atoms with Gasteiger partial charge >= 0.3 is 6.09 Å². The maximum atomic E-state index is 12.6. The Morgan fingerprint density at radius 3 is 2.50 bits per heavy atom. The second-order valence-electron chi connectivity index (χ2n) is 9.32. The number of carbonyl (C=O) groups is 1. The molecule has 0 aromatic carbocycles. The van der Waals surface area contributed by atoms with Crippen LogP contribution in [0.5, 0.6) is 0 Å². The molecule has 0 bridgehead atoms. The van der Waals surface area contributed by atoms with Gasteiger partial charge in [0, 0.05) is 23.5 Å². The van der Waals surface area contributed by atoms with Crippen molar-refractivity contribution in [3.8, 4) is 0 Å². The molecular weight excluding hydrogens is 304 g/mol. The maximum absolute atomic E-state index is 12.6. The smallest absolute Gasteiger partial charge is 0.410 e. The van der Waals surface area contributed by atoms with E-state index < -0.39 is 5.60 Å². The van der Waals surface area contributed by atoms with Crippen LogP contribution in [-0.2, 0) is 4.74 Å². The highest BCUT2D eigenvalue weighted by Gasteiger charge is 2.55. The summed E-state index contributed by atoms with van der Waals surface area (Å²) in [5, 5.41) is 3.83. The summed E-state index contributed by atoms with van der Waals surface area (Å²) in [6, 6.07) is 0.518. The van der Waals surface area contributed by atoms with E-state index in [9.17, 15) is 4.79 Å². The Hall–Kier alpha value is -1.42. The summed E-state index contributed by atoms with van der Waals surface area (Å²) in [6.45, 7) is 8.80. The van der Waals surface area contributed by atoms with E-state index in [0.717, 1.165) is 25.8 Å². The largest absolute Gasteiger partial charge is 0.444 e. The van der Waals surface area contributed by atoms with Crippen LogP contribution in [0.25, 0.3) is 10.4 Å². The molecule has 6 heteroatoms. The minimum atomic E-state index is -0.445. The van der Waals surface area contributed by atoms with Gasteiger partial charge in [0.1, 0.15) is 5.60 Å². The van der Waals surface area contributed by atoms with Crippen molar-refractivity contribution in [1.29, 1.82) is 0 Å². The van der Waals surface area contributed by atoms with Crippen LogP contribution in [0.15, 0.2) is 5.11 Å². The second kappa shape index (κ2) is 6.14. The SMILES string of the molecule is C[C@H]1CC[C@H](C2CC3(CC(N=[N+]=[N-])C3)C2)N(C(=O)OC(C)(C)C)C1. The first-order chi connectivity index (χ1) is 11.2. The lowest BCUT2D eigenvalue weighted by Gasteiger charge is -2.60. The molecule has 2 saturated carbocycles. The minimum absolute atomic E-state index is 0.152. The van der Waals surface area contributed by atoms with Crippen molar-refractivity contribution >= 4 is 6.09 Å². The number of piperidine rings is 1. The van der Waals surface area contributed by atoms with Gasteiger partial charge in [-0.05, 0) is 82.1 Å². The van der Waals surface area contributed by atoms with Crippen LogP contribution in [-0.4, -0.2) is 35.2 Å². The van der Waals surface area contributed by atoms with Crippen molar-refractivity contribution < 1.29 is 9.53 Å². The van der Waals surface area contributed by atoms with E-state index in [-0.39, 0.29) is 12.1 Å².